The molecule has 0 aliphatic heterocycles. The summed E-state index contributed by atoms with van der Waals surface area (Å²) >= 11 is 0. The van der Waals surface area contributed by atoms with Crippen molar-refractivity contribution in [1.29, 1.82) is 0 Å². The summed E-state index contributed by atoms with van der Waals surface area (Å²) in [6.45, 7) is 3.80. The summed E-state index contributed by atoms with van der Waals surface area (Å²) in [5.41, 5.74) is 5.16. The zero-order valence-electron chi connectivity index (χ0n) is 11.3. The first-order valence-electron chi connectivity index (χ1n) is 5.90. The van der Waals surface area contributed by atoms with Gasteiger partial charge in [-0.3, -0.25) is 14.5 Å². The van der Waals surface area contributed by atoms with E-state index in [1.165, 1.54) is 4.90 Å². The second-order valence-electron chi connectivity index (χ2n) is 4.23. The molecule has 0 radical (unpaired) electrons. The maximum absolute atomic E-state index is 10.2. The van der Waals surface area contributed by atoms with Gasteiger partial charge >= 0.3 is 11.9 Å². The summed E-state index contributed by atoms with van der Waals surface area (Å²) in [5.74, 6) is -1.86. The van der Waals surface area contributed by atoms with Crippen molar-refractivity contribution in [2.24, 2.45) is 11.7 Å². The number of carboxylic acid groups (broad SMARTS) is 2. The standard InChI is InChI=1S/C6H13NO4.C5H11NO2/c8-3-1-7(2-4-9)5-6(10)11;1-3(2)4(6)5(7)8/h8-9H,1-5H2,(H,10,11);3-4H,6H2,1-2H3,(H,7,8)/t;4-/m.0/s1. The number of rotatable bonds is 8. The molecular weight excluding hydrogens is 256 g/mol. The van der Waals surface area contributed by atoms with E-state index in [1.54, 1.807) is 13.8 Å². The highest BCUT2D eigenvalue weighted by molar-refractivity contribution is 5.73. The van der Waals surface area contributed by atoms with E-state index in [-0.39, 0.29) is 38.8 Å². The van der Waals surface area contributed by atoms with Crippen LogP contribution in [0, 0.1) is 5.92 Å². The number of aliphatic hydroxyl groups is 2. The predicted octanol–water partition coefficient (Wildman–Crippen LogP) is -1.59. The lowest BCUT2D eigenvalue weighted by atomic mass is 10.1. The first-order chi connectivity index (χ1) is 8.76. The zero-order valence-corrected chi connectivity index (χ0v) is 11.3. The van der Waals surface area contributed by atoms with Gasteiger partial charge in [0.25, 0.3) is 0 Å². The molecule has 8 nitrogen and oxygen atoms in total. The molecule has 0 bridgehead atoms. The van der Waals surface area contributed by atoms with Gasteiger partial charge in [0.15, 0.2) is 0 Å². The quantitative estimate of drug-likeness (QED) is 0.358. The van der Waals surface area contributed by atoms with E-state index in [9.17, 15) is 9.59 Å². The SMILES string of the molecule is CC(C)[C@H](N)C(=O)O.O=C(O)CN(CCO)CCO. The Balaban J connectivity index is 0. The lowest BCUT2D eigenvalue weighted by molar-refractivity contribution is -0.140. The highest BCUT2D eigenvalue weighted by Crippen LogP contribution is 1.96. The highest BCUT2D eigenvalue weighted by Gasteiger charge is 2.14. The molecule has 1 atom stereocenters. The first-order valence-corrected chi connectivity index (χ1v) is 5.90. The van der Waals surface area contributed by atoms with Crippen molar-refractivity contribution >= 4 is 11.9 Å². The topological polar surface area (TPSA) is 144 Å². The number of aliphatic carboxylic acids is 2. The van der Waals surface area contributed by atoms with E-state index in [0.29, 0.717) is 0 Å². The Morgan fingerprint density at radius 2 is 1.53 bits per heavy atom. The maximum atomic E-state index is 10.2. The number of aliphatic hydroxyl groups excluding tert-OH is 2. The van der Waals surface area contributed by atoms with Crippen LogP contribution < -0.4 is 5.73 Å². The van der Waals surface area contributed by atoms with Gasteiger partial charge in [0, 0.05) is 13.1 Å². The molecule has 0 spiro atoms. The number of carboxylic acids is 2. The van der Waals surface area contributed by atoms with Crippen molar-refractivity contribution < 1.29 is 30.0 Å². The maximum Gasteiger partial charge on any atom is 0.320 e. The molecule has 6 N–H and O–H groups in total. The zero-order chi connectivity index (χ0) is 15.4. The average Bonchev–Trinajstić information content (AvgIpc) is 2.28. The molecule has 0 aliphatic carbocycles. The fraction of sp³-hybridized carbons (Fsp3) is 0.818. The molecule has 0 aromatic heterocycles. The van der Waals surface area contributed by atoms with Gasteiger partial charge in [-0.25, -0.2) is 0 Å². The molecule has 0 fully saturated rings. The highest BCUT2D eigenvalue weighted by atomic mass is 16.4. The summed E-state index contributed by atoms with van der Waals surface area (Å²) in [6, 6.07) is -0.713. The number of hydrogen-bond acceptors (Lipinski definition) is 6. The largest absolute Gasteiger partial charge is 0.480 e. The van der Waals surface area contributed by atoms with Gasteiger partial charge in [0.1, 0.15) is 6.04 Å². The second kappa shape index (κ2) is 11.8. The van der Waals surface area contributed by atoms with Gasteiger partial charge in [-0.05, 0) is 5.92 Å². The summed E-state index contributed by atoms with van der Waals surface area (Å²) in [6.07, 6.45) is 0. The first kappa shape index (κ1) is 20.1. The monoisotopic (exact) mass is 280 g/mol. The normalized spacial score (nSPS) is 11.9. The van der Waals surface area contributed by atoms with Crippen LogP contribution in [-0.4, -0.2) is 76.2 Å². The molecule has 0 rings (SSSR count). The third-order valence-corrected chi connectivity index (χ3v) is 2.19. The van der Waals surface area contributed by atoms with Crippen molar-refractivity contribution in [2.75, 3.05) is 32.8 Å². The van der Waals surface area contributed by atoms with E-state index < -0.39 is 18.0 Å². The fourth-order valence-corrected chi connectivity index (χ4v) is 1.03. The van der Waals surface area contributed by atoms with Crippen molar-refractivity contribution in [3.63, 3.8) is 0 Å². The molecule has 0 aromatic carbocycles. The van der Waals surface area contributed by atoms with Crippen molar-refractivity contribution in [1.82, 2.24) is 4.90 Å². The Hall–Kier alpha value is -1.22. The number of nitrogens with zero attached hydrogens (tertiary/aromatic N) is 1. The van der Waals surface area contributed by atoms with Gasteiger partial charge in [-0.2, -0.15) is 0 Å². The summed E-state index contributed by atoms with van der Waals surface area (Å²) < 4.78 is 0. The molecule has 19 heavy (non-hydrogen) atoms. The smallest absolute Gasteiger partial charge is 0.320 e. The van der Waals surface area contributed by atoms with E-state index >= 15 is 0 Å². The van der Waals surface area contributed by atoms with Crippen LogP contribution in [0.25, 0.3) is 0 Å². The Kier molecular flexibility index (Phi) is 12.5. The second-order valence-corrected chi connectivity index (χ2v) is 4.23. The van der Waals surface area contributed by atoms with Crippen LogP contribution in [0.1, 0.15) is 13.8 Å². The third kappa shape index (κ3) is 13.0. The molecule has 0 heterocycles. The lowest BCUT2D eigenvalue weighted by Crippen LogP contribution is -2.34. The fourth-order valence-electron chi connectivity index (χ4n) is 1.03. The average molecular weight is 280 g/mol. The molecule has 0 saturated carbocycles. The molecule has 0 aliphatic rings. The van der Waals surface area contributed by atoms with Crippen LogP contribution in [0.4, 0.5) is 0 Å². The number of hydrogen-bond donors (Lipinski definition) is 5. The Labute approximate surface area is 112 Å². The van der Waals surface area contributed by atoms with Gasteiger partial charge < -0.3 is 26.2 Å². The van der Waals surface area contributed by atoms with Crippen molar-refractivity contribution in [3.8, 4) is 0 Å². The van der Waals surface area contributed by atoms with E-state index in [1.807, 2.05) is 0 Å². The molecule has 0 unspecified atom stereocenters. The summed E-state index contributed by atoms with van der Waals surface area (Å²) in [7, 11) is 0. The summed E-state index contributed by atoms with van der Waals surface area (Å²) in [4.78, 5) is 21.6. The van der Waals surface area contributed by atoms with Gasteiger partial charge in [0.2, 0.25) is 0 Å². The minimum atomic E-state index is -0.952. The van der Waals surface area contributed by atoms with Gasteiger partial charge in [0.05, 0.1) is 19.8 Å². The number of carbonyl (C=O) groups is 2. The molecule has 0 amide bonds. The van der Waals surface area contributed by atoms with Crippen molar-refractivity contribution in [2.45, 2.75) is 19.9 Å². The predicted molar refractivity (Wildman–Crippen MR) is 68.7 cm³/mol. The Bertz CT molecular complexity index is 254. The van der Waals surface area contributed by atoms with Crippen molar-refractivity contribution in [3.05, 3.63) is 0 Å². The molecular formula is C11H24N2O6. The van der Waals surface area contributed by atoms with Crippen LogP contribution in [-0.2, 0) is 9.59 Å². The molecule has 0 aromatic rings. The van der Waals surface area contributed by atoms with Crippen LogP contribution in [0.3, 0.4) is 0 Å². The van der Waals surface area contributed by atoms with Crippen LogP contribution in [0.5, 0.6) is 0 Å². The lowest BCUT2D eigenvalue weighted by Gasteiger charge is -2.16. The summed E-state index contributed by atoms with van der Waals surface area (Å²) in [5, 5.41) is 33.5. The molecule has 0 saturated heterocycles. The van der Waals surface area contributed by atoms with Crippen LogP contribution in [0.15, 0.2) is 0 Å². The molecule has 8 heteroatoms. The minimum absolute atomic E-state index is 0.0208. The van der Waals surface area contributed by atoms with E-state index in [4.69, 9.17) is 26.2 Å². The van der Waals surface area contributed by atoms with Crippen LogP contribution >= 0.6 is 0 Å². The molecule has 114 valence electrons. The van der Waals surface area contributed by atoms with E-state index in [0.717, 1.165) is 0 Å². The van der Waals surface area contributed by atoms with Gasteiger partial charge in [-0.15, -0.1) is 0 Å². The third-order valence-electron chi connectivity index (χ3n) is 2.19. The Morgan fingerprint density at radius 3 is 1.68 bits per heavy atom. The van der Waals surface area contributed by atoms with Gasteiger partial charge in [-0.1, -0.05) is 13.8 Å². The Morgan fingerprint density at radius 1 is 1.11 bits per heavy atom. The van der Waals surface area contributed by atoms with Crippen LogP contribution in [0.2, 0.25) is 0 Å². The van der Waals surface area contributed by atoms with E-state index in [2.05, 4.69) is 0 Å². The minimum Gasteiger partial charge on any atom is -0.480 e. The number of nitrogens with two attached hydrogens (primary N) is 1.